The van der Waals surface area contributed by atoms with Crippen molar-refractivity contribution >= 4 is 5.97 Å². The Morgan fingerprint density at radius 3 is 2.25 bits per heavy atom. The van der Waals surface area contributed by atoms with Crippen molar-refractivity contribution in [3.05, 3.63) is 83.4 Å². The van der Waals surface area contributed by atoms with Gasteiger partial charge >= 0.3 is 5.97 Å². The second kappa shape index (κ2) is 9.79. The summed E-state index contributed by atoms with van der Waals surface area (Å²) in [7, 11) is 0. The van der Waals surface area contributed by atoms with Crippen molar-refractivity contribution < 1.29 is 9.53 Å². The molecule has 2 aliphatic heterocycles. The van der Waals surface area contributed by atoms with E-state index in [1.54, 1.807) is 5.57 Å². The van der Waals surface area contributed by atoms with Crippen LogP contribution in [-0.4, -0.2) is 54.6 Å². The van der Waals surface area contributed by atoms with Gasteiger partial charge < -0.3 is 4.74 Å². The van der Waals surface area contributed by atoms with Crippen LogP contribution < -0.4 is 0 Å². The van der Waals surface area contributed by atoms with Crippen LogP contribution in [0.5, 0.6) is 0 Å². The zero-order chi connectivity index (χ0) is 24.7. The Bertz CT molecular complexity index is 1050. The van der Waals surface area contributed by atoms with E-state index in [0.29, 0.717) is 5.92 Å². The predicted octanol–water partition coefficient (Wildman–Crippen LogP) is 5.71. The number of piperazine rings is 1. The maximum Gasteiger partial charge on any atom is 0.311 e. The fraction of sp³-hybridized carbons (Fsp3) is 0.531. The second-order valence-electron chi connectivity index (χ2n) is 11.9. The molecule has 3 fully saturated rings. The average molecular weight is 485 g/mol. The number of nitrogens with zero attached hydrogens (tertiary/aromatic N) is 2. The highest BCUT2D eigenvalue weighted by Gasteiger charge is 2.52. The van der Waals surface area contributed by atoms with Gasteiger partial charge in [-0.25, -0.2) is 0 Å². The molecule has 6 rings (SSSR count). The average Bonchev–Trinajstić information content (AvgIpc) is 3.18. The molecule has 2 aromatic rings. The molecule has 4 heteroatoms. The molecule has 4 aliphatic rings. The summed E-state index contributed by atoms with van der Waals surface area (Å²) in [5.74, 6) is 0.899. The first-order valence-electron chi connectivity index (χ1n) is 14.0. The Balaban J connectivity index is 1.15. The monoisotopic (exact) mass is 484 g/mol. The molecule has 4 nitrogen and oxygen atoms in total. The number of hydrogen-bond acceptors (Lipinski definition) is 4. The second-order valence-corrected chi connectivity index (χ2v) is 11.9. The van der Waals surface area contributed by atoms with Gasteiger partial charge in [0.05, 0.1) is 12.0 Å². The van der Waals surface area contributed by atoms with Crippen molar-refractivity contribution in [1.82, 2.24) is 9.80 Å². The van der Waals surface area contributed by atoms with Crippen molar-refractivity contribution in [2.75, 3.05) is 32.7 Å². The van der Waals surface area contributed by atoms with E-state index < -0.39 is 0 Å². The third kappa shape index (κ3) is 4.43. The van der Waals surface area contributed by atoms with Crippen LogP contribution in [0.25, 0.3) is 0 Å². The normalized spacial score (nSPS) is 33.1. The molecule has 2 heterocycles. The zero-order valence-electron chi connectivity index (χ0n) is 21.8. The Morgan fingerprint density at radius 1 is 0.972 bits per heavy atom. The molecular weight excluding hydrogens is 444 g/mol. The lowest BCUT2D eigenvalue weighted by Crippen LogP contribution is -2.50. The molecule has 2 aliphatic carbocycles. The van der Waals surface area contributed by atoms with Gasteiger partial charge in [-0.05, 0) is 41.7 Å². The van der Waals surface area contributed by atoms with E-state index in [4.69, 9.17) is 4.74 Å². The SMILES string of the molecule is C[C@H]1CCC[C@]2(C)C[C@H]3OC(=O)[C@H](CN4CCN(C(c5ccccc5)c5ccccc5)CC4)[C@H]3C=C12. The highest BCUT2D eigenvalue weighted by Crippen LogP contribution is 2.54. The van der Waals surface area contributed by atoms with E-state index in [0.717, 1.165) is 39.1 Å². The number of hydrogen-bond donors (Lipinski definition) is 0. The molecule has 5 atom stereocenters. The number of benzene rings is 2. The van der Waals surface area contributed by atoms with Gasteiger partial charge in [-0.2, -0.15) is 0 Å². The number of fused-ring (bicyclic) bond motifs is 2. The van der Waals surface area contributed by atoms with E-state index in [9.17, 15) is 4.79 Å². The number of esters is 1. The lowest BCUT2D eigenvalue weighted by molar-refractivity contribution is -0.145. The number of carbonyl (C=O) groups is 1. The summed E-state index contributed by atoms with van der Waals surface area (Å²) in [6.45, 7) is 9.58. The number of rotatable bonds is 5. The van der Waals surface area contributed by atoms with Gasteiger partial charge in [0.15, 0.2) is 0 Å². The molecule has 0 bridgehead atoms. The van der Waals surface area contributed by atoms with Gasteiger partial charge in [0, 0.05) is 38.6 Å². The quantitative estimate of drug-likeness (QED) is 0.402. The molecule has 1 saturated carbocycles. The summed E-state index contributed by atoms with van der Waals surface area (Å²) in [5, 5.41) is 0. The minimum Gasteiger partial charge on any atom is -0.461 e. The summed E-state index contributed by atoms with van der Waals surface area (Å²) in [6, 6.07) is 22.0. The van der Waals surface area contributed by atoms with E-state index in [1.165, 1.54) is 30.4 Å². The van der Waals surface area contributed by atoms with Crippen molar-refractivity contribution in [2.24, 2.45) is 23.2 Å². The van der Waals surface area contributed by atoms with Crippen molar-refractivity contribution in [2.45, 2.75) is 51.7 Å². The first kappa shape index (κ1) is 23.9. The molecule has 2 aromatic carbocycles. The fourth-order valence-corrected chi connectivity index (χ4v) is 7.63. The van der Waals surface area contributed by atoms with Crippen LogP contribution in [-0.2, 0) is 9.53 Å². The smallest absolute Gasteiger partial charge is 0.311 e. The Labute approximate surface area is 216 Å². The van der Waals surface area contributed by atoms with Gasteiger partial charge in [0.2, 0.25) is 0 Å². The van der Waals surface area contributed by atoms with Crippen LogP contribution >= 0.6 is 0 Å². The van der Waals surface area contributed by atoms with Crippen molar-refractivity contribution in [1.29, 1.82) is 0 Å². The van der Waals surface area contributed by atoms with Crippen molar-refractivity contribution in [3.63, 3.8) is 0 Å². The predicted molar refractivity (Wildman–Crippen MR) is 143 cm³/mol. The van der Waals surface area contributed by atoms with Crippen LogP contribution in [0.3, 0.4) is 0 Å². The van der Waals surface area contributed by atoms with Crippen LogP contribution in [0.2, 0.25) is 0 Å². The topological polar surface area (TPSA) is 32.8 Å². The zero-order valence-corrected chi connectivity index (χ0v) is 21.8. The molecule has 0 aromatic heterocycles. The van der Waals surface area contributed by atoms with Crippen LogP contribution in [0.1, 0.15) is 56.7 Å². The molecule has 0 unspecified atom stereocenters. The minimum absolute atomic E-state index is 0.0215. The van der Waals surface area contributed by atoms with Crippen LogP contribution in [0.15, 0.2) is 72.3 Å². The molecule has 36 heavy (non-hydrogen) atoms. The summed E-state index contributed by atoms with van der Waals surface area (Å²) < 4.78 is 6.02. The Kier molecular flexibility index (Phi) is 6.51. The summed E-state index contributed by atoms with van der Waals surface area (Å²) >= 11 is 0. The Morgan fingerprint density at radius 2 is 1.61 bits per heavy atom. The third-order valence-electron chi connectivity index (χ3n) is 9.54. The highest BCUT2D eigenvalue weighted by atomic mass is 16.6. The van der Waals surface area contributed by atoms with Crippen LogP contribution in [0.4, 0.5) is 0 Å². The maximum absolute atomic E-state index is 13.1. The van der Waals surface area contributed by atoms with Gasteiger partial charge in [0.1, 0.15) is 6.10 Å². The minimum atomic E-state index is -0.0215. The van der Waals surface area contributed by atoms with Crippen LogP contribution in [0, 0.1) is 23.2 Å². The van der Waals surface area contributed by atoms with E-state index in [2.05, 4.69) is 90.4 Å². The number of allylic oxidation sites excluding steroid dienone is 1. The molecule has 0 spiro atoms. The summed E-state index contributed by atoms with van der Waals surface area (Å²) in [6.07, 6.45) is 7.39. The lowest BCUT2D eigenvalue weighted by Gasteiger charge is -2.46. The Hall–Kier alpha value is -2.43. The molecule has 2 saturated heterocycles. The van der Waals surface area contributed by atoms with Gasteiger partial charge in [-0.3, -0.25) is 14.6 Å². The summed E-state index contributed by atoms with van der Waals surface area (Å²) in [4.78, 5) is 18.2. The van der Waals surface area contributed by atoms with E-state index >= 15 is 0 Å². The molecule has 190 valence electrons. The number of carbonyl (C=O) groups excluding carboxylic acids is 1. The van der Waals surface area contributed by atoms with Crippen molar-refractivity contribution in [3.8, 4) is 0 Å². The maximum atomic E-state index is 13.1. The standard InChI is InChI=1S/C32H40N2O2/c1-23-10-9-15-32(2)21-29-26(20-28(23)32)27(31(35)36-29)22-33-16-18-34(19-17-33)30(24-11-5-3-6-12-24)25-13-7-4-8-14-25/h3-8,11-14,20,23,26-27,29-30H,9-10,15-19,21-22H2,1-2H3/t23-,26+,27+,29+,32+/m0/s1. The molecule has 0 N–H and O–H groups in total. The fourth-order valence-electron chi connectivity index (χ4n) is 7.63. The molecule has 0 radical (unpaired) electrons. The summed E-state index contributed by atoms with van der Waals surface area (Å²) in [5.41, 5.74) is 4.52. The molecular formula is C32H40N2O2. The van der Waals surface area contributed by atoms with Gasteiger partial charge in [-0.15, -0.1) is 0 Å². The van der Waals surface area contributed by atoms with Gasteiger partial charge in [-0.1, -0.05) is 92.6 Å². The van der Waals surface area contributed by atoms with E-state index in [-0.39, 0.29) is 35.4 Å². The third-order valence-corrected chi connectivity index (χ3v) is 9.54. The molecule has 0 amide bonds. The highest BCUT2D eigenvalue weighted by molar-refractivity contribution is 5.76. The van der Waals surface area contributed by atoms with E-state index in [1.807, 2.05) is 0 Å². The largest absolute Gasteiger partial charge is 0.461 e. The first-order valence-corrected chi connectivity index (χ1v) is 14.0. The lowest BCUT2D eigenvalue weighted by atomic mass is 9.59. The number of ether oxygens (including phenoxy) is 1. The van der Waals surface area contributed by atoms with Gasteiger partial charge in [0.25, 0.3) is 0 Å². The first-order chi connectivity index (χ1) is 17.5.